The van der Waals surface area contributed by atoms with Gasteiger partial charge < -0.3 is 24.8 Å². The predicted octanol–water partition coefficient (Wildman–Crippen LogP) is 3.79. The molecule has 2 aliphatic carbocycles. The van der Waals surface area contributed by atoms with Gasteiger partial charge in [-0.15, -0.1) is 0 Å². The molecular weight excluding hydrogens is 589 g/mol. The van der Waals surface area contributed by atoms with Crippen LogP contribution in [0.1, 0.15) is 64.1 Å². The summed E-state index contributed by atoms with van der Waals surface area (Å²) in [6.07, 6.45) is 7.89. The Labute approximate surface area is 249 Å². The molecule has 0 spiro atoms. The molecule has 0 saturated carbocycles. The molecule has 0 fully saturated rings. The largest absolute Gasteiger partial charge is 1.00 e. The maximum atomic E-state index is 2.63. The van der Waals surface area contributed by atoms with Crippen LogP contribution in [0.5, 0.6) is 0 Å². The molecule has 2 atom stereocenters. The Morgan fingerprint density at radius 3 is 2.00 bits per heavy atom. The van der Waals surface area contributed by atoms with Crippen molar-refractivity contribution >= 4 is 20.1 Å². The van der Waals surface area contributed by atoms with Crippen LogP contribution in [0.2, 0.25) is 0 Å². The zero-order valence-electron chi connectivity index (χ0n) is 22.5. The van der Waals surface area contributed by atoms with Crippen molar-refractivity contribution in [1.82, 2.24) is 0 Å². The number of halogens is 2. The number of fused-ring (bicyclic) bond motifs is 2. The van der Waals surface area contributed by atoms with E-state index in [2.05, 4.69) is 120 Å². The minimum Gasteiger partial charge on any atom is -1.00 e. The summed E-state index contributed by atoms with van der Waals surface area (Å²) in [5.74, 6) is 1.52. The molecule has 0 aliphatic heterocycles. The Morgan fingerprint density at radius 2 is 1.32 bits per heavy atom. The van der Waals surface area contributed by atoms with Crippen molar-refractivity contribution in [3.8, 4) is 11.1 Å². The molecule has 0 radical (unpaired) electrons. The standard InChI is InChI=1S/C17H24P.C16H13.2ClH.Zr/c1-13(2)11-18(12-14(3)4)17-9-15-7-5-6-8-16(15)10-17;1-12-10-14-8-5-9-15(16(14)11-12)13-6-3-2-4-7-13;;;/h5-10,13-14H,11-12H2,1-4H3;2-11H,1H3;2*1H;/q;;;;+2/p-2. The van der Waals surface area contributed by atoms with E-state index < -0.39 is 23.2 Å². The van der Waals surface area contributed by atoms with Gasteiger partial charge in [0.2, 0.25) is 0 Å². The third-order valence-electron chi connectivity index (χ3n) is 7.14. The first kappa shape index (κ1) is 30.6. The second-order valence-corrected chi connectivity index (χ2v) is 17.0. The summed E-state index contributed by atoms with van der Waals surface area (Å²) in [5.41, 5.74) is 10.5. The molecule has 0 N–H and O–H groups in total. The van der Waals surface area contributed by atoms with Gasteiger partial charge in [0.25, 0.3) is 0 Å². The zero-order valence-corrected chi connectivity index (χ0v) is 27.4. The van der Waals surface area contributed by atoms with Crippen LogP contribution in [0.3, 0.4) is 0 Å². The van der Waals surface area contributed by atoms with E-state index in [4.69, 9.17) is 0 Å². The van der Waals surface area contributed by atoms with Gasteiger partial charge >= 0.3 is 226 Å². The molecule has 2 unspecified atom stereocenters. The molecule has 192 valence electrons. The second kappa shape index (κ2) is 13.4. The van der Waals surface area contributed by atoms with Gasteiger partial charge in [-0.1, -0.05) is 0 Å². The quantitative estimate of drug-likeness (QED) is 0.334. The molecule has 3 aromatic carbocycles. The Hall–Kier alpha value is -0.967. The average Bonchev–Trinajstić information content (AvgIpc) is 3.36. The van der Waals surface area contributed by atoms with Gasteiger partial charge in [-0.2, -0.15) is 0 Å². The maximum Gasteiger partial charge on any atom is -1.00 e. The summed E-state index contributed by atoms with van der Waals surface area (Å²) in [5, 5.41) is 1.83. The van der Waals surface area contributed by atoms with Gasteiger partial charge in [-0.25, -0.2) is 0 Å². The van der Waals surface area contributed by atoms with Crippen LogP contribution in [-0.4, -0.2) is 12.3 Å². The number of hydrogen-bond donors (Lipinski definition) is 0. The second-order valence-electron chi connectivity index (χ2n) is 11.0. The predicted molar refractivity (Wildman–Crippen MR) is 152 cm³/mol. The van der Waals surface area contributed by atoms with Gasteiger partial charge in [0, 0.05) is 0 Å². The first-order chi connectivity index (χ1) is 16.9. The van der Waals surface area contributed by atoms with Crippen LogP contribution >= 0.6 is 7.92 Å². The van der Waals surface area contributed by atoms with E-state index in [1.807, 2.05) is 5.31 Å². The topological polar surface area (TPSA) is 0 Å². The van der Waals surface area contributed by atoms with Crippen molar-refractivity contribution in [1.29, 1.82) is 0 Å². The SMILES string of the molecule is CC1=Cc2c(-c3ccccc3)cccc2[CH]1[Zr+2][CH]1C(P(CC(C)C)CC(C)C)=Cc2ccccc21.[Cl-].[Cl-]. The Morgan fingerprint density at radius 1 is 0.703 bits per heavy atom. The van der Waals surface area contributed by atoms with Gasteiger partial charge in [0.05, 0.1) is 0 Å². The van der Waals surface area contributed by atoms with Crippen LogP contribution < -0.4 is 24.8 Å². The van der Waals surface area contributed by atoms with Crippen LogP contribution in [0.4, 0.5) is 0 Å². The van der Waals surface area contributed by atoms with Crippen LogP contribution in [0, 0.1) is 11.8 Å². The summed E-state index contributed by atoms with van der Waals surface area (Å²) < 4.78 is 1.37. The molecule has 0 nitrogen and oxygen atoms in total. The van der Waals surface area contributed by atoms with E-state index in [1.54, 1.807) is 16.7 Å². The van der Waals surface area contributed by atoms with Crippen molar-refractivity contribution in [3.63, 3.8) is 0 Å². The molecule has 2 aliphatic rings. The number of hydrogen-bond acceptors (Lipinski definition) is 0. The third kappa shape index (κ3) is 6.61. The Kier molecular flexibility index (Phi) is 11.1. The number of benzene rings is 3. The summed E-state index contributed by atoms with van der Waals surface area (Å²) in [6.45, 7) is 12.1. The summed E-state index contributed by atoms with van der Waals surface area (Å²) in [6, 6.07) is 27.3. The zero-order chi connectivity index (χ0) is 24.5. The van der Waals surface area contributed by atoms with E-state index in [-0.39, 0.29) is 32.7 Å². The minimum atomic E-state index is -0.847. The molecular formula is C33H37Cl2PZr. The van der Waals surface area contributed by atoms with Crippen molar-refractivity contribution in [2.24, 2.45) is 11.8 Å². The van der Waals surface area contributed by atoms with E-state index >= 15 is 0 Å². The molecule has 3 aromatic rings. The smallest absolute Gasteiger partial charge is 1.00 e. The van der Waals surface area contributed by atoms with Crippen molar-refractivity contribution < 1.29 is 48.0 Å². The minimum absolute atomic E-state index is 0. The van der Waals surface area contributed by atoms with Crippen LogP contribution in [-0.2, 0) is 23.2 Å². The molecule has 0 amide bonds. The fourth-order valence-corrected chi connectivity index (χ4v) is 15.1. The van der Waals surface area contributed by atoms with Crippen molar-refractivity contribution in [2.75, 3.05) is 12.3 Å². The molecule has 0 aromatic heterocycles. The fourth-order valence-electron chi connectivity index (χ4n) is 5.73. The molecule has 0 heterocycles. The van der Waals surface area contributed by atoms with Crippen molar-refractivity contribution in [2.45, 2.75) is 41.9 Å². The van der Waals surface area contributed by atoms with Crippen LogP contribution in [0.15, 0.2) is 83.7 Å². The summed E-state index contributed by atoms with van der Waals surface area (Å²) in [7, 11) is -0.0863. The Balaban J connectivity index is 0.00000190. The Bertz CT molecular complexity index is 1250. The van der Waals surface area contributed by atoms with E-state index in [0.29, 0.717) is 7.25 Å². The molecule has 37 heavy (non-hydrogen) atoms. The van der Waals surface area contributed by atoms with Gasteiger partial charge in [0.1, 0.15) is 0 Å². The van der Waals surface area contributed by atoms with Gasteiger partial charge in [-0.05, 0) is 0 Å². The number of rotatable bonds is 8. The monoisotopic (exact) mass is 624 g/mol. The molecule has 0 saturated heterocycles. The molecule has 0 bridgehead atoms. The first-order valence-electron chi connectivity index (χ1n) is 13.1. The number of allylic oxidation sites excluding steroid dienone is 2. The van der Waals surface area contributed by atoms with Crippen molar-refractivity contribution in [3.05, 3.63) is 106 Å². The van der Waals surface area contributed by atoms with E-state index in [0.717, 1.165) is 11.8 Å². The first-order valence-corrected chi connectivity index (χ1v) is 17.7. The maximum absolute atomic E-state index is 2.63. The summed E-state index contributed by atoms with van der Waals surface area (Å²) in [4.78, 5) is 0. The van der Waals surface area contributed by atoms with E-state index in [9.17, 15) is 0 Å². The van der Waals surface area contributed by atoms with Gasteiger partial charge in [-0.3, -0.25) is 0 Å². The fraction of sp³-hybridized carbons (Fsp3) is 0.333. The summed E-state index contributed by atoms with van der Waals surface area (Å²) >= 11 is -0.847. The van der Waals surface area contributed by atoms with Gasteiger partial charge in [0.15, 0.2) is 0 Å². The average molecular weight is 627 g/mol. The molecule has 4 heteroatoms. The molecule has 5 rings (SSSR count). The normalized spacial score (nSPS) is 17.5. The third-order valence-corrected chi connectivity index (χ3v) is 16.2. The van der Waals surface area contributed by atoms with Crippen LogP contribution in [0.25, 0.3) is 23.3 Å². The van der Waals surface area contributed by atoms with E-state index in [1.165, 1.54) is 34.6 Å².